The molecule has 0 bridgehead atoms. The summed E-state index contributed by atoms with van der Waals surface area (Å²) in [5, 5.41) is 8.70. The first-order valence-electron chi connectivity index (χ1n) is 4.73. The molecule has 0 radical (unpaired) electrons. The van der Waals surface area contributed by atoms with E-state index in [1.165, 1.54) is 28.2 Å². The molecule has 14 heavy (non-hydrogen) atoms. The maximum absolute atomic E-state index is 8.70. The molecule has 76 valence electrons. The topological polar surface area (TPSA) is 23.8 Å². The smallest absolute Gasteiger partial charge is 0.0915 e. The van der Waals surface area contributed by atoms with Crippen molar-refractivity contribution >= 4 is 23.5 Å². The number of nitriles is 1. The predicted molar refractivity (Wildman–Crippen MR) is 66.2 cm³/mol. The molecule has 0 aliphatic heterocycles. The highest BCUT2D eigenvalue weighted by Crippen LogP contribution is 2.38. The molecule has 1 fully saturated rings. The van der Waals surface area contributed by atoms with E-state index in [4.69, 9.17) is 5.26 Å². The molecular formula is C11H15NS2. The maximum atomic E-state index is 8.70. The summed E-state index contributed by atoms with van der Waals surface area (Å²) < 4.78 is 1.38. The highest BCUT2D eigenvalue weighted by Gasteiger charge is 2.15. The summed E-state index contributed by atoms with van der Waals surface area (Å²) in [6, 6.07) is 2.16. The van der Waals surface area contributed by atoms with E-state index in [2.05, 4.69) is 18.6 Å². The number of hydrogen-bond donors (Lipinski definition) is 0. The van der Waals surface area contributed by atoms with Gasteiger partial charge in [-0.05, 0) is 49.3 Å². The fourth-order valence-corrected chi connectivity index (χ4v) is 3.35. The molecule has 0 aromatic rings. The van der Waals surface area contributed by atoms with E-state index in [1.807, 2.05) is 0 Å². The van der Waals surface area contributed by atoms with Crippen LogP contribution >= 0.6 is 23.5 Å². The van der Waals surface area contributed by atoms with E-state index in [0.717, 1.165) is 12.8 Å². The first kappa shape index (κ1) is 11.7. The highest BCUT2D eigenvalue weighted by atomic mass is 32.2. The third-order valence-corrected chi connectivity index (χ3v) is 4.60. The Kier molecular flexibility index (Phi) is 5.21. The van der Waals surface area contributed by atoms with Crippen molar-refractivity contribution in [3.8, 4) is 6.07 Å². The quantitative estimate of drug-likeness (QED) is 0.665. The van der Waals surface area contributed by atoms with Crippen molar-refractivity contribution in [3.63, 3.8) is 0 Å². The summed E-state index contributed by atoms with van der Waals surface area (Å²) in [6.07, 6.45) is 10.7. The van der Waals surface area contributed by atoms with Crippen LogP contribution in [0.4, 0.5) is 0 Å². The Morgan fingerprint density at radius 2 is 1.93 bits per heavy atom. The van der Waals surface area contributed by atoms with Crippen LogP contribution < -0.4 is 0 Å². The summed E-state index contributed by atoms with van der Waals surface area (Å²) in [6.45, 7) is 0. The lowest BCUT2D eigenvalue weighted by atomic mass is 9.90. The molecule has 1 aliphatic carbocycles. The van der Waals surface area contributed by atoms with E-state index in [0.29, 0.717) is 0 Å². The first-order valence-corrected chi connectivity index (χ1v) is 7.18. The average Bonchev–Trinajstić information content (AvgIpc) is 2.23. The van der Waals surface area contributed by atoms with Crippen LogP contribution in [0.5, 0.6) is 0 Å². The summed E-state index contributed by atoms with van der Waals surface area (Å²) >= 11 is 3.60. The first-order chi connectivity index (χ1) is 6.83. The van der Waals surface area contributed by atoms with Gasteiger partial charge in [0.25, 0.3) is 0 Å². The van der Waals surface area contributed by atoms with Crippen LogP contribution in [0.3, 0.4) is 0 Å². The van der Waals surface area contributed by atoms with Gasteiger partial charge in [0.1, 0.15) is 0 Å². The zero-order valence-electron chi connectivity index (χ0n) is 8.67. The Morgan fingerprint density at radius 1 is 1.29 bits per heavy atom. The molecule has 1 saturated carbocycles. The van der Waals surface area contributed by atoms with Gasteiger partial charge in [-0.2, -0.15) is 5.26 Å². The molecular weight excluding hydrogens is 210 g/mol. The number of hydrogen-bond acceptors (Lipinski definition) is 3. The molecule has 0 atom stereocenters. The number of nitrogens with zero attached hydrogens (tertiary/aromatic N) is 1. The Balaban J connectivity index is 2.98. The van der Waals surface area contributed by atoms with Crippen molar-refractivity contribution in [2.45, 2.75) is 25.7 Å². The summed E-state index contributed by atoms with van der Waals surface area (Å²) in [5.74, 6) is 0. The molecule has 0 unspecified atom stereocenters. The molecule has 0 saturated heterocycles. The second kappa shape index (κ2) is 6.21. The zero-order valence-corrected chi connectivity index (χ0v) is 10.3. The van der Waals surface area contributed by atoms with Crippen molar-refractivity contribution in [2.75, 3.05) is 12.5 Å². The van der Waals surface area contributed by atoms with Gasteiger partial charge < -0.3 is 0 Å². The lowest BCUT2D eigenvalue weighted by Gasteiger charge is -2.19. The molecule has 0 heterocycles. The van der Waals surface area contributed by atoms with Gasteiger partial charge in [-0.3, -0.25) is 0 Å². The molecule has 1 nitrogen and oxygen atoms in total. The third kappa shape index (κ3) is 2.83. The predicted octanol–water partition coefficient (Wildman–Crippen LogP) is 3.95. The average molecular weight is 225 g/mol. The van der Waals surface area contributed by atoms with Gasteiger partial charge in [0.2, 0.25) is 0 Å². The van der Waals surface area contributed by atoms with Gasteiger partial charge in [0.05, 0.1) is 6.07 Å². The lowest BCUT2D eigenvalue weighted by molar-refractivity contribution is 0.679. The van der Waals surface area contributed by atoms with Crippen molar-refractivity contribution in [2.24, 2.45) is 0 Å². The van der Waals surface area contributed by atoms with Crippen LogP contribution in [0.25, 0.3) is 0 Å². The van der Waals surface area contributed by atoms with Crippen molar-refractivity contribution < 1.29 is 0 Å². The molecule has 0 amide bonds. The van der Waals surface area contributed by atoms with Crippen LogP contribution in [0.1, 0.15) is 25.7 Å². The molecule has 0 N–H and O–H groups in total. The van der Waals surface area contributed by atoms with Crippen LogP contribution in [0.2, 0.25) is 0 Å². The zero-order chi connectivity index (χ0) is 10.4. The lowest BCUT2D eigenvalue weighted by Crippen LogP contribution is -2.00. The minimum Gasteiger partial charge on any atom is -0.193 e. The normalized spacial score (nSPS) is 19.5. The van der Waals surface area contributed by atoms with E-state index < -0.39 is 0 Å². The Hall–Kier alpha value is -0.330. The molecule has 0 aromatic heterocycles. The Morgan fingerprint density at radius 3 is 2.50 bits per heavy atom. The van der Waals surface area contributed by atoms with Crippen LogP contribution in [0, 0.1) is 11.3 Å². The molecule has 1 aliphatic rings. The third-order valence-electron chi connectivity index (χ3n) is 2.37. The SMILES string of the molecule is CSC(SC)=C1CCCC/C1=C\C#N. The number of thioether (sulfide) groups is 2. The van der Waals surface area contributed by atoms with Crippen LogP contribution in [-0.2, 0) is 0 Å². The van der Waals surface area contributed by atoms with E-state index in [9.17, 15) is 0 Å². The van der Waals surface area contributed by atoms with Gasteiger partial charge in [-0.25, -0.2) is 0 Å². The van der Waals surface area contributed by atoms with Crippen LogP contribution in [0.15, 0.2) is 21.5 Å². The van der Waals surface area contributed by atoms with Crippen molar-refractivity contribution in [1.29, 1.82) is 5.26 Å². The Bertz CT molecular complexity index is 291. The molecule has 3 heteroatoms. The minimum absolute atomic E-state index is 1.08. The summed E-state index contributed by atoms with van der Waals surface area (Å²) in [4.78, 5) is 0. The maximum Gasteiger partial charge on any atom is 0.0915 e. The highest BCUT2D eigenvalue weighted by molar-refractivity contribution is 8.21. The monoisotopic (exact) mass is 225 g/mol. The molecule has 0 aromatic carbocycles. The summed E-state index contributed by atoms with van der Waals surface area (Å²) in [5.41, 5.74) is 2.68. The van der Waals surface area contributed by atoms with Crippen molar-refractivity contribution in [1.82, 2.24) is 0 Å². The van der Waals surface area contributed by atoms with Gasteiger partial charge in [-0.1, -0.05) is 0 Å². The van der Waals surface area contributed by atoms with E-state index in [-0.39, 0.29) is 0 Å². The van der Waals surface area contributed by atoms with Crippen molar-refractivity contribution in [3.05, 3.63) is 21.5 Å². The second-order valence-corrected chi connectivity index (χ2v) is 5.07. The van der Waals surface area contributed by atoms with Gasteiger partial charge >= 0.3 is 0 Å². The summed E-state index contributed by atoms with van der Waals surface area (Å²) in [7, 11) is 0. The second-order valence-electron chi connectivity index (χ2n) is 3.18. The largest absolute Gasteiger partial charge is 0.193 e. The van der Waals surface area contributed by atoms with E-state index >= 15 is 0 Å². The van der Waals surface area contributed by atoms with Gasteiger partial charge in [-0.15, -0.1) is 23.5 Å². The minimum atomic E-state index is 1.08. The number of rotatable bonds is 2. The fourth-order valence-electron chi connectivity index (χ4n) is 1.73. The van der Waals surface area contributed by atoms with Gasteiger partial charge in [0.15, 0.2) is 0 Å². The standard InChI is InChI=1S/C11H15NS2/c1-13-11(14-2)10-6-4-3-5-9(10)7-8-12/h7H,3-6H2,1-2H3/b9-7+. The fraction of sp³-hybridized carbons (Fsp3) is 0.545. The van der Waals surface area contributed by atoms with Gasteiger partial charge in [0, 0.05) is 10.3 Å². The Labute approximate surface area is 94.6 Å². The molecule has 0 spiro atoms. The van der Waals surface area contributed by atoms with Crippen LogP contribution in [-0.4, -0.2) is 12.5 Å². The van der Waals surface area contributed by atoms with E-state index in [1.54, 1.807) is 29.6 Å². The number of allylic oxidation sites excluding steroid dienone is 3. The molecule has 1 rings (SSSR count).